The highest BCUT2D eigenvalue weighted by Crippen LogP contribution is 2.47. The highest BCUT2D eigenvalue weighted by Gasteiger charge is 2.33. The number of nitrogens with zero attached hydrogens (tertiary/aromatic N) is 1. The molecule has 0 spiro atoms. The minimum absolute atomic E-state index is 0.0427. The first-order valence-corrected chi connectivity index (χ1v) is 9.10. The van der Waals surface area contributed by atoms with E-state index in [0.717, 1.165) is 35.1 Å². The molecule has 136 valence electrons. The molecule has 1 fully saturated rings. The second kappa shape index (κ2) is 6.83. The summed E-state index contributed by atoms with van der Waals surface area (Å²) in [6, 6.07) is 16.3. The first-order valence-electron chi connectivity index (χ1n) is 9.10. The van der Waals surface area contributed by atoms with Crippen LogP contribution in [-0.4, -0.2) is 4.92 Å². The van der Waals surface area contributed by atoms with Crippen LogP contribution in [0.4, 0.5) is 5.69 Å². The van der Waals surface area contributed by atoms with Crippen molar-refractivity contribution >= 4 is 5.69 Å². The monoisotopic (exact) mass is 361 g/mol. The van der Waals surface area contributed by atoms with Crippen LogP contribution in [0.25, 0.3) is 22.3 Å². The quantitative estimate of drug-likeness (QED) is 0.455. The minimum Gasteiger partial charge on any atom is -0.427 e. The number of hydrogen-bond acceptors (Lipinski definition) is 4. The standard InChI is InChI=1S/C22H19NO4/c1-2-18-19(14-6-4-3-5-7-14)20(21(16-8-9-16)27-22(18)24)15-10-12-17(13-11-15)23(25)26/h3-7,10-13,16H,2,8-9H2,1H3. The smallest absolute Gasteiger partial charge is 0.339 e. The molecule has 0 saturated heterocycles. The molecule has 4 rings (SSSR count). The lowest BCUT2D eigenvalue weighted by Crippen LogP contribution is -2.12. The van der Waals surface area contributed by atoms with E-state index in [1.807, 2.05) is 37.3 Å². The van der Waals surface area contributed by atoms with Crippen LogP contribution in [0.5, 0.6) is 0 Å². The van der Waals surface area contributed by atoms with Crippen molar-refractivity contribution in [1.82, 2.24) is 0 Å². The van der Waals surface area contributed by atoms with Gasteiger partial charge in [0.25, 0.3) is 5.69 Å². The fraction of sp³-hybridized carbons (Fsp3) is 0.227. The van der Waals surface area contributed by atoms with Crippen LogP contribution in [0.1, 0.15) is 37.0 Å². The molecule has 27 heavy (non-hydrogen) atoms. The van der Waals surface area contributed by atoms with Gasteiger partial charge in [-0.2, -0.15) is 0 Å². The van der Waals surface area contributed by atoms with E-state index in [1.165, 1.54) is 12.1 Å². The second-order valence-corrected chi connectivity index (χ2v) is 6.78. The first kappa shape index (κ1) is 17.2. The summed E-state index contributed by atoms with van der Waals surface area (Å²) in [7, 11) is 0. The zero-order chi connectivity index (χ0) is 19.0. The Hall–Kier alpha value is -3.21. The zero-order valence-electron chi connectivity index (χ0n) is 15.0. The Balaban J connectivity index is 2.03. The second-order valence-electron chi connectivity index (χ2n) is 6.78. The third-order valence-electron chi connectivity index (χ3n) is 4.98. The van der Waals surface area contributed by atoms with Gasteiger partial charge in [0.05, 0.1) is 4.92 Å². The van der Waals surface area contributed by atoms with E-state index in [9.17, 15) is 14.9 Å². The van der Waals surface area contributed by atoms with E-state index in [1.54, 1.807) is 12.1 Å². The van der Waals surface area contributed by atoms with Crippen LogP contribution >= 0.6 is 0 Å². The van der Waals surface area contributed by atoms with Gasteiger partial charge in [-0.1, -0.05) is 37.3 Å². The van der Waals surface area contributed by atoms with Gasteiger partial charge >= 0.3 is 5.63 Å². The topological polar surface area (TPSA) is 73.3 Å². The molecule has 1 heterocycles. The molecule has 5 nitrogen and oxygen atoms in total. The van der Waals surface area contributed by atoms with Crippen molar-refractivity contribution in [3.8, 4) is 22.3 Å². The maximum Gasteiger partial charge on any atom is 0.339 e. The number of nitro groups is 1. The summed E-state index contributed by atoms with van der Waals surface area (Å²) in [6.45, 7) is 1.94. The molecule has 3 aromatic rings. The Morgan fingerprint density at radius 2 is 1.63 bits per heavy atom. The molecular formula is C22H19NO4. The fourth-order valence-electron chi connectivity index (χ4n) is 3.50. The summed E-state index contributed by atoms with van der Waals surface area (Å²) in [6.07, 6.45) is 2.53. The van der Waals surface area contributed by atoms with E-state index in [-0.39, 0.29) is 17.2 Å². The summed E-state index contributed by atoms with van der Waals surface area (Å²) in [5.74, 6) is 0.932. The maximum absolute atomic E-state index is 12.7. The van der Waals surface area contributed by atoms with Crippen molar-refractivity contribution in [2.45, 2.75) is 32.1 Å². The average molecular weight is 361 g/mol. The van der Waals surface area contributed by atoms with Gasteiger partial charge in [-0.3, -0.25) is 10.1 Å². The van der Waals surface area contributed by atoms with Crippen molar-refractivity contribution < 1.29 is 9.34 Å². The molecule has 0 atom stereocenters. The van der Waals surface area contributed by atoms with E-state index in [4.69, 9.17) is 4.42 Å². The molecule has 1 saturated carbocycles. The van der Waals surface area contributed by atoms with Gasteiger partial charge in [-0.15, -0.1) is 0 Å². The van der Waals surface area contributed by atoms with Crippen LogP contribution in [0.3, 0.4) is 0 Å². The predicted octanol–water partition coefficient (Wildman–Crippen LogP) is 5.32. The number of benzene rings is 2. The van der Waals surface area contributed by atoms with Gasteiger partial charge in [-0.05, 0) is 42.5 Å². The van der Waals surface area contributed by atoms with Gasteiger partial charge in [0, 0.05) is 34.7 Å². The third kappa shape index (κ3) is 3.16. The number of non-ortho nitro benzene ring substituents is 1. The molecule has 0 unspecified atom stereocenters. The average Bonchev–Trinajstić information content (AvgIpc) is 3.53. The molecule has 0 N–H and O–H groups in total. The Morgan fingerprint density at radius 1 is 1.00 bits per heavy atom. The lowest BCUT2D eigenvalue weighted by atomic mass is 9.89. The van der Waals surface area contributed by atoms with Gasteiger partial charge in [0.1, 0.15) is 5.76 Å². The number of hydrogen-bond donors (Lipinski definition) is 0. The van der Waals surface area contributed by atoms with Crippen LogP contribution in [-0.2, 0) is 6.42 Å². The first-order chi connectivity index (χ1) is 13.1. The fourth-order valence-corrected chi connectivity index (χ4v) is 3.50. The molecule has 0 radical (unpaired) electrons. The SMILES string of the molecule is CCc1c(-c2ccccc2)c(-c2ccc([N+](=O)[O-])cc2)c(C2CC2)oc1=O. The zero-order valence-corrected chi connectivity index (χ0v) is 15.0. The molecule has 1 aromatic heterocycles. The highest BCUT2D eigenvalue weighted by molar-refractivity contribution is 5.87. The molecule has 1 aliphatic carbocycles. The molecule has 0 bridgehead atoms. The van der Waals surface area contributed by atoms with Crippen LogP contribution < -0.4 is 5.63 Å². The van der Waals surface area contributed by atoms with Crippen molar-refractivity contribution in [2.24, 2.45) is 0 Å². The summed E-state index contributed by atoms with van der Waals surface area (Å²) >= 11 is 0. The Bertz CT molecular complexity index is 1050. The molecule has 0 aliphatic heterocycles. The number of nitro benzene ring substituents is 1. The lowest BCUT2D eigenvalue weighted by molar-refractivity contribution is -0.384. The lowest BCUT2D eigenvalue weighted by Gasteiger charge is -2.17. The largest absolute Gasteiger partial charge is 0.427 e. The highest BCUT2D eigenvalue weighted by atomic mass is 16.6. The molecule has 5 heteroatoms. The van der Waals surface area contributed by atoms with Crippen LogP contribution in [0.2, 0.25) is 0 Å². The van der Waals surface area contributed by atoms with Crippen molar-refractivity contribution in [1.29, 1.82) is 0 Å². The van der Waals surface area contributed by atoms with Gasteiger partial charge in [-0.25, -0.2) is 4.79 Å². The third-order valence-corrected chi connectivity index (χ3v) is 4.98. The number of rotatable bonds is 5. The predicted molar refractivity (Wildman–Crippen MR) is 104 cm³/mol. The molecule has 1 aliphatic rings. The summed E-state index contributed by atoms with van der Waals surface area (Å²) in [5.41, 5.74) is 3.95. The van der Waals surface area contributed by atoms with Gasteiger partial charge in [0.2, 0.25) is 0 Å². The van der Waals surface area contributed by atoms with Crippen molar-refractivity contribution in [3.63, 3.8) is 0 Å². The molecular weight excluding hydrogens is 342 g/mol. The minimum atomic E-state index is -0.410. The van der Waals surface area contributed by atoms with E-state index >= 15 is 0 Å². The molecule has 0 amide bonds. The normalized spacial score (nSPS) is 13.5. The Kier molecular flexibility index (Phi) is 4.36. The van der Waals surface area contributed by atoms with Gasteiger partial charge < -0.3 is 4.42 Å². The maximum atomic E-state index is 12.7. The molecule has 2 aromatic carbocycles. The summed E-state index contributed by atoms with van der Waals surface area (Å²) in [4.78, 5) is 23.3. The van der Waals surface area contributed by atoms with Gasteiger partial charge in [0.15, 0.2) is 0 Å². The summed E-state index contributed by atoms with van der Waals surface area (Å²) < 4.78 is 5.76. The Labute approximate surface area is 156 Å². The van der Waals surface area contributed by atoms with Crippen LogP contribution in [0.15, 0.2) is 63.8 Å². The summed E-state index contributed by atoms with van der Waals surface area (Å²) in [5, 5.41) is 11.0. The van der Waals surface area contributed by atoms with E-state index in [0.29, 0.717) is 17.7 Å². The van der Waals surface area contributed by atoms with E-state index in [2.05, 4.69) is 0 Å². The van der Waals surface area contributed by atoms with Crippen molar-refractivity contribution in [2.75, 3.05) is 0 Å². The van der Waals surface area contributed by atoms with Crippen LogP contribution in [0, 0.1) is 10.1 Å². The van der Waals surface area contributed by atoms with Crippen molar-refractivity contribution in [3.05, 3.63) is 86.5 Å². The van der Waals surface area contributed by atoms with E-state index < -0.39 is 4.92 Å². The Morgan fingerprint density at radius 3 is 2.19 bits per heavy atom.